The maximum atomic E-state index is 11.7. The second kappa shape index (κ2) is 6.76. The van der Waals surface area contributed by atoms with Gasteiger partial charge < -0.3 is 19.5 Å². The third-order valence-corrected chi connectivity index (χ3v) is 4.45. The fourth-order valence-corrected chi connectivity index (χ4v) is 3.44. The number of likely N-dealkylation sites (N-methyl/N-ethyl adjacent to an activating group) is 1. The van der Waals surface area contributed by atoms with Gasteiger partial charge in [0.1, 0.15) is 18.0 Å². The molecule has 0 saturated carbocycles. The summed E-state index contributed by atoms with van der Waals surface area (Å²) in [5.41, 5.74) is 0.866. The lowest BCUT2D eigenvalue weighted by molar-refractivity contribution is -0.0113. The molecule has 0 aliphatic carbocycles. The van der Waals surface area contributed by atoms with Gasteiger partial charge in [0, 0.05) is 20.1 Å². The molecule has 0 aromatic heterocycles. The predicted molar refractivity (Wildman–Crippen MR) is 85.4 cm³/mol. The minimum atomic E-state index is -0.339. The fourth-order valence-electron chi connectivity index (χ4n) is 3.44. The minimum Gasteiger partial charge on any atom is -0.491 e. The minimum absolute atomic E-state index is 0.0186. The van der Waals surface area contributed by atoms with Crippen molar-refractivity contribution in [2.75, 3.05) is 39.9 Å². The van der Waals surface area contributed by atoms with Crippen LogP contribution in [0, 0.1) is 0 Å². The highest BCUT2D eigenvalue weighted by molar-refractivity contribution is 5.70. The molecule has 6 nitrogen and oxygen atoms in total. The molecule has 1 N–H and O–H groups in total. The maximum absolute atomic E-state index is 11.7. The first-order chi connectivity index (χ1) is 11.1. The molecule has 2 fully saturated rings. The Morgan fingerprint density at radius 2 is 2.09 bits per heavy atom. The van der Waals surface area contributed by atoms with Gasteiger partial charge in [-0.3, -0.25) is 4.90 Å². The average Bonchev–Trinajstić information content (AvgIpc) is 2.80. The van der Waals surface area contributed by atoms with Gasteiger partial charge in [-0.15, -0.1) is 0 Å². The van der Waals surface area contributed by atoms with E-state index in [2.05, 4.69) is 4.90 Å². The Morgan fingerprint density at radius 1 is 1.30 bits per heavy atom. The van der Waals surface area contributed by atoms with E-state index in [0.29, 0.717) is 13.2 Å². The Hall–Kier alpha value is -1.79. The van der Waals surface area contributed by atoms with Gasteiger partial charge in [0.05, 0.1) is 13.2 Å². The van der Waals surface area contributed by atoms with E-state index in [9.17, 15) is 4.79 Å². The number of carbonyl (C=O) groups excluding carboxylic acids is 1. The first-order valence-corrected chi connectivity index (χ1v) is 8.09. The largest absolute Gasteiger partial charge is 0.491 e. The number of ether oxygens (including phenoxy) is 2. The van der Waals surface area contributed by atoms with Crippen LogP contribution in [0.3, 0.4) is 0 Å². The van der Waals surface area contributed by atoms with Crippen molar-refractivity contribution in [1.82, 2.24) is 9.80 Å². The molecule has 6 heteroatoms. The summed E-state index contributed by atoms with van der Waals surface area (Å²) in [6.07, 6.45) is 1.77. The molecule has 1 aromatic rings. The van der Waals surface area contributed by atoms with E-state index in [1.807, 2.05) is 24.3 Å². The zero-order valence-corrected chi connectivity index (χ0v) is 13.5. The second-order valence-corrected chi connectivity index (χ2v) is 6.44. The zero-order chi connectivity index (χ0) is 16.3. The van der Waals surface area contributed by atoms with Crippen LogP contribution < -0.4 is 4.74 Å². The van der Waals surface area contributed by atoms with Crippen molar-refractivity contribution in [3.05, 3.63) is 29.8 Å². The van der Waals surface area contributed by atoms with Crippen molar-refractivity contribution in [2.45, 2.75) is 25.0 Å². The summed E-state index contributed by atoms with van der Waals surface area (Å²) in [6.45, 7) is 3.65. The summed E-state index contributed by atoms with van der Waals surface area (Å²) in [7, 11) is 1.79. The average molecular weight is 320 g/mol. The standard InChI is InChI=1S/C17H24N2O4/c1-18-12-17(23-16(18)21)7-2-8-19(13-17)11-14-3-5-15(6-4-14)22-10-9-20/h3-6,20H,2,7-13H2,1H3/t17-/m1/s1. The second-order valence-electron chi connectivity index (χ2n) is 6.44. The molecule has 1 aromatic carbocycles. The van der Waals surface area contributed by atoms with Gasteiger partial charge in [-0.2, -0.15) is 0 Å². The van der Waals surface area contributed by atoms with Gasteiger partial charge in [0.2, 0.25) is 0 Å². The lowest BCUT2D eigenvalue weighted by Crippen LogP contribution is -2.50. The molecule has 126 valence electrons. The number of hydrogen-bond acceptors (Lipinski definition) is 5. The normalized spacial score (nSPS) is 25.0. The Morgan fingerprint density at radius 3 is 2.74 bits per heavy atom. The summed E-state index contributed by atoms with van der Waals surface area (Å²) in [5.74, 6) is 0.768. The third kappa shape index (κ3) is 3.76. The Labute approximate surface area is 136 Å². The van der Waals surface area contributed by atoms with E-state index >= 15 is 0 Å². The van der Waals surface area contributed by atoms with E-state index in [4.69, 9.17) is 14.6 Å². The number of carbonyl (C=O) groups is 1. The lowest BCUT2D eigenvalue weighted by Gasteiger charge is -2.38. The predicted octanol–water partition coefficient (Wildman–Crippen LogP) is 1.47. The summed E-state index contributed by atoms with van der Waals surface area (Å²) in [5, 5.41) is 8.77. The highest BCUT2D eigenvalue weighted by Crippen LogP contribution is 2.32. The molecule has 0 radical (unpaired) electrons. The van der Waals surface area contributed by atoms with Crippen LogP contribution in [0.1, 0.15) is 18.4 Å². The maximum Gasteiger partial charge on any atom is 0.410 e. The number of amides is 1. The third-order valence-electron chi connectivity index (χ3n) is 4.45. The molecular weight excluding hydrogens is 296 g/mol. The van der Waals surface area contributed by atoms with E-state index < -0.39 is 0 Å². The zero-order valence-electron chi connectivity index (χ0n) is 13.5. The van der Waals surface area contributed by atoms with Gasteiger partial charge in [0.15, 0.2) is 0 Å². The Balaban J connectivity index is 1.58. The SMILES string of the molecule is CN1C[C@@]2(CCCN(Cc3ccc(OCCO)cc3)C2)OC1=O. The first kappa shape index (κ1) is 16.1. The molecule has 1 spiro atoms. The first-order valence-electron chi connectivity index (χ1n) is 8.09. The summed E-state index contributed by atoms with van der Waals surface area (Å²) < 4.78 is 11.0. The number of aliphatic hydroxyl groups excluding tert-OH is 1. The molecule has 0 unspecified atom stereocenters. The number of benzene rings is 1. The number of rotatable bonds is 5. The summed E-state index contributed by atoms with van der Waals surface area (Å²) in [6, 6.07) is 7.93. The van der Waals surface area contributed by atoms with Gasteiger partial charge in [-0.05, 0) is 37.1 Å². The van der Waals surface area contributed by atoms with Crippen LogP contribution >= 0.6 is 0 Å². The van der Waals surface area contributed by atoms with E-state index in [1.165, 1.54) is 5.56 Å². The van der Waals surface area contributed by atoms with Gasteiger partial charge in [-0.25, -0.2) is 4.79 Å². The molecular formula is C17H24N2O4. The Kier molecular flexibility index (Phi) is 4.73. The molecule has 2 aliphatic rings. The fraction of sp³-hybridized carbons (Fsp3) is 0.588. The number of hydrogen-bond donors (Lipinski definition) is 1. The van der Waals surface area contributed by atoms with Gasteiger partial charge in [-0.1, -0.05) is 12.1 Å². The van der Waals surface area contributed by atoms with Crippen LogP contribution in [0.15, 0.2) is 24.3 Å². The number of piperidine rings is 1. The smallest absolute Gasteiger partial charge is 0.410 e. The number of nitrogens with zero attached hydrogens (tertiary/aromatic N) is 2. The molecule has 2 saturated heterocycles. The molecule has 0 bridgehead atoms. The van der Waals surface area contributed by atoms with Crippen LogP contribution in [0.25, 0.3) is 0 Å². The number of aliphatic hydroxyl groups is 1. The molecule has 1 atom stereocenters. The summed E-state index contributed by atoms with van der Waals surface area (Å²) in [4.78, 5) is 15.7. The van der Waals surface area contributed by atoms with E-state index in [-0.39, 0.29) is 18.3 Å². The highest BCUT2D eigenvalue weighted by atomic mass is 16.6. The van der Waals surface area contributed by atoms with E-state index in [1.54, 1.807) is 11.9 Å². The van der Waals surface area contributed by atoms with Crippen molar-refractivity contribution in [2.24, 2.45) is 0 Å². The van der Waals surface area contributed by atoms with Gasteiger partial charge >= 0.3 is 6.09 Å². The van der Waals surface area contributed by atoms with Crippen molar-refractivity contribution in [3.8, 4) is 5.75 Å². The van der Waals surface area contributed by atoms with E-state index in [0.717, 1.165) is 38.2 Å². The van der Waals surface area contributed by atoms with Crippen LogP contribution in [-0.4, -0.2) is 66.5 Å². The summed E-state index contributed by atoms with van der Waals surface area (Å²) >= 11 is 0. The monoisotopic (exact) mass is 320 g/mol. The van der Waals surface area contributed by atoms with Crippen LogP contribution in [0.2, 0.25) is 0 Å². The molecule has 2 heterocycles. The quantitative estimate of drug-likeness (QED) is 0.890. The van der Waals surface area contributed by atoms with Crippen molar-refractivity contribution in [3.63, 3.8) is 0 Å². The van der Waals surface area contributed by atoms with Crippen molar-refractivity contribution >= 4 is 6.09 Å². The molecule has 1 amide bonds. The van der Waals surface area contributed by atoms with Crippen LogP contribution in [0.4, 0.5) is 4.79 Å². The highest BCUT2D eigenvalue weighted by Gasteiger charge is 2.46. The molecule has 3 rings (SSSR count). The Bertz CT molecular complexity index is 548. The van der Waals surface area contributed by atoms with Crippen LogP contribution in [-0.2, 0) is 11.3 Å². The van der Waals surface area contributed by atoms with Gasteiger partial charge in [0.25, 0.3) is 0 Å². The van der Waals surface area contributed by atoms with Crippen molar-refractivity contribution in [1.29, 1.82) is 0 Å². The number of likely N-dealkylation sites (tertiary alicyclic amines) is 1. The van der Waals surface area contributed by atoms with Crippen LogP contribution in [0.5, 0.6) is 5.75 Å². The molecule has 2 aliphatic heterocycles. The topological polar surface area (TPSA) is 62.2 Å². The molecule has 23 heavy (non-hydrogen) atoms. The lowest BCUT2D eigenvalue weighted by atomic mass is 9.92. The van der Waals surface area contributed by atoms with Crippen molar-refractivity contribution < 1.29 is 19.4 Å².